The van der Waals surface area contributed by atoms with E-state index in [1.165, 1.54) is 12.8 Å². The van der Waals surface area contributed by atoms with Gasteiger partial charge in [0.1, 0.15) is 18.4 Å². The average Bonchev–Trinajstić information content (AvgIpc) is 2.84. The van der Waals surface area contributed by atoms with E-state index in [0.29, 0.717) is 0 Å². The van der Waals surface area contributed by atoms with Gasteiger partial charge >= 0.3 is 11.9 Å². The highest BCUT2D eigenvalue weighted by Crippen LogP contribution is 1.88. The molecule has 1 atom stereocenters. The molecule has 0 aliphatic carbocycles. The average molecular weight is 286 g/mol. The number of carboxylic acids is 2. The number of imidazole rings is 1. The van der Waals surface area contributed by atoms with Crippen molar-refractivity contribution in [3.05, 3.63) is 18.7 Å². The maximum atomic E-state index is 9.85. The van der Waals surface area contributed by atoms with Gasteiger partial charge in [-0.25, -0.2) is 9.13 Å². The zero-order valence-electron chi connectivity index (χ0n) is 12.0. The molecule has 0 fully saturated rings. The zero-order valence-corrected chi connectivity index (χ0v) is 12.0. The smallest absolute Gasteiger partial charge is 0.321 e. The van der Waals surface area contributed by atoms with E-state index in [1.54, 1.807) is 0 Å². The number of aliphatic carboxylic acids is 2. The van der Waals surface area contributed by atoms with Crippen LogP contribution in [0.4, 0.5) is 0 Å². The Morgan fingerprint density at radius 3 is 2.35 bits per heavy atom. The Bertz CT molecular complexity index is 418. The first-order chi connectivity index (χ1) is 9.40. The van der Waals surface area contributed by atoms with Crippen LogP contribution in [0.2, 0.25) is 0 Å². The minimum Gasteiger partial charge on any atom is -0.481 e. The highest BCUT2D eigenvalue weighted by Gasteiger charge is 2.14. The number of rotatable bonds is 7. The number of aryl methyl sites for hydroxylation is 2. The summed E-state index contributed by atoms with van der Waals surface area (Å²) in [6, 6.07) is -1.29. The molecule has 0 amide bonds. The van der Waals surface area contributed by atoms with Crippen LogP contribution in [0.1, 0.15) is 33.1 Å². The summed E-state index contributed by atoms with van der Waals surface area (Å²) < 4.78 is 4.43. The third kappa shape index (κ3) is 8.25. The van der Waals surface area contributed by atoms with E-state index in [1.807, 2.05) is 0 Å². The van der Waals surface area contributed by atoms with Crippen LogP contribution < -0.4 is 10.3 Å². The lowest BCUT2D eigenvalue weighted by atomic mass is 10.2. The third-order valence-corrected chi connectivity index (χ3v) is 2.59. The molecule has 20 heavy (non-hydrogen) atoms. The molecule has 0 radical (unpaired) electrons. The van der Waals surface area contributed by atoms with Gasteiger partial charge in [-0.2, -0.15) is 0 Å². The van der Waals surface area contributed by atoms with Crippen molar-refractivity contribution < 1.29 is 24.4 Å². The lowest BCUT2D eigenvalue weighted by molar-refractivity contribution is -0.696. The number of carboxylic acid groups (broad SMARTS) is 2. The second-order valence-corrected chi connectivity index (χ2v) is 4.38. The Hall–Kier alpha value is -1.89. The maximum absolute atomic E-state index is 9.85. The molecule has 1 heterocycles. The van der Waals surface area contributed by atoms with E-state index < -0.39 is 24.4 Å². The summed E-state index contributed by atoms with van der Waals surface area (Å²) in [5.41, 5.74) is 4.84. The topological polar surface area (TPSA) is 109 Å². The van der Waals surface area contributed by atoms with Crippen molar-refractivity contribution in [3.8, 4) is 0 Å². The zero-order chi connectivity index (χ0) is 15.5. The quantitative estimate of drug-likeness (QED) is 0.631. The van der Waals surface area contributed by atoms with E-state index >= 15 is 0 Å². The van der Waals surface area contributed by atoms with Crippen molar-refractivity contribution in [1.29, 1.82) is 0 Å². The first-order valence-electron chi connectivity index (χ1n) is 6.65. The molecule has 1 aromatic heterocycles. The summed E-state index contributed by atoms with van der Waals surface area (Å²) in [6.45, 7) is 6.60. The number of nitrogens with two attached hydrogens (primary N) is 1. The largest absolute Gasteiger partial charge is 0.481 e. The summed E-state index contributed by atoms with van der Waals surface area (Å²) in [4.78, 5) is 19.6. The highest BCUT2D eigenvalue weighted by molar-refractivity contribution is 5.80. The number of hydrogen-bond acceptors (Lipinski definition) is 3. The minimum atomic E-state index is -1.29. The van der Waals surface area contributed by atoms with E-state index in [-0.39, 0.29) is 0 Å². The Morgan fingerprint density at radius 1 is 1.35 bits per heavy atom. The molecule has 0 saturated carbocycles. The van der Waals surface area contributed by atoms with Crippen LogP contribution in [0.25, 0.3) is 0 Å². The molecule has 4 N–H and O–H groups in total. The molecule has 7 heteroatoms. The summed E-state index contributed by atoms with van der Waals surface area (Å²) in [7, 11) is 0. The predicted octanol–water partition coefficient (Wildman–Crippen LogP) is 0.469. The molecular formula is C13H24N3O4+. The van der Waals surface area contributed by atoms with Gasteiger partial charge in [0, 0.05) is 0 Å². The Kier molecular flexibility index (Phi) is 9.02. The van der Waals surface area contributed by atoms with E-state index in [4.69, 9.17) is 15.9 Å². The Labute approximate surface area is 118 Å². The van der Waals surface area contributed by atoms with Crippen LogP contribution in [0.15, 0.2) is 18.7 Å². The van der Waals surface area contributed by atoms with Crippen LogP contribution in [0, 0.1) is 0 Å². The van der Waals surface area contributed by atoms with E-state index in [0.717, 1.165) is 13.1 Å². The van der Waals surface area contributed by atoms with Gasteiger partial charge in [0.25, 0.3) is 0 Å². The minimum absolute atomic E-state index is 0.532. The van der Waals surface area contributed by atoms with Gasteiger partial charge < -0.3 is 15.9 Å². The molecule has 0 aliphatic rings. The molecule has 1 aromatic rings. The normalized spacial score (nSPS) is 11.3. The van der Waals surface area contributed by atoms with Crippen molar-refractivity contribution in [1.82, 2.24) is 4.57 Å². The number of unbranched alkanes of at least 4 members (excludes halogenated alkanes) is 1. The predicted molar refractivity (Wildman–Crippen MR) is 73.1 cm³/mol. The lowest BCUT2D eigenvalue weighted by Crippen LogP contribution is -2.32. The second kappa shape index (κ2) is 9.96. The molecule has 114 valence electrons. The van der Waals surface area contributed by atoms with Gasteiger partial charge in [0.15, 0.2) is 0 Å². The number of carbonyl (C=O) groups is 2. The van der Waals surface area contributed by atoms with Crippen molar-refractivity contribution in [3.63, 3.8) is 0 Å². The van der Waals surface area contributed by atoms with Gasteiger partial charge in [-0.3, -0.25) is 9.59 Å². The molecule has 1 rings (SSSR count). The van der Waals surface area contributed by atoms with E-state index in [9.17, 15) is 9.59 Å². The standard InChI is InChI=1S/C9H17N2.C4H7NO4/c1-3-5-6-11-8-7-10(4-2)9-11;5-2(4(8)9)1-3(6)7/h7-9H,3-6H2,1-2H3;2H,1,5H2,(H,6,7)(H,8,9)/q+1;. The van der Waals surface area contributed by atoms with Gasteiger partial charge in [-0.05, 0) is 13.3 Å². The highest BCUT2D eigenvalue weighted by atomic mass is 16.4. The van der Waals surface area contributed by atoms with Crippen LogP contribution in [-0.4, -0.2) is 32.8 Å². The molecular weight excluding hydrogens is 262 g/mol. The molecule has 0 aromatic carbocycles. The first kappa shape index (κ1) is 18.1. The van der Waals surface area contributed by atoms with Gasteiger partial charge in [0.05, 0.1) is 19.5 Å². The summed E-state index contributed by atoms with van der Waals surface area (Å²) >= 11 is 0. The van der Waals surface area contributed by atoms with Crippen molar-refractivity contribution >= 4 is 11.9 Å². The van der Waals surface area contributed by atoms with Crippen LogP contribution in [-0.2, 0) is 22.7 Å². The van der Waals surface area contributed by atoms with Crippen molar-refractivity contribution in [2.75, 3.05) is 0 Å². The fourth-order valence-electron chi connectivity index (χ4n) is 1.37. The van der Waals surface area contributed by atoms with Crippen molar-refractivity contribution in [2.24, 2.45) is 5.73 Å². The Morgan fingerprint density at radius 2 is 2.00 bits per heavy atom. The van der Waals surface area contributed by atoms with Crippen LogP contribution >= 0.6 is 0 Å². The Balaban J connectivity index is 0.000000370. The molecule has 0 saturated heterocycles. The second-order valence-electron chi connectivity index (χ2n) is 4.38. The summed E-state index contributed by atoms with van der Waals surface area (Å²) in [5, 5.41) is 16.0. The fraction of sp³-hybridized carbons (Fsp3) is 0.615. The number of nitrogens with zero attached hydrogens (tertiary/aromatic N) is 2. The van der Waals surface area contributed by atoms with Crippen LogP contribution in [0.3, 0.4) is 0 Å². The monoisotopic (exact) mass is 286 g/mol. The fourth-order valence-corrected chi connectivity index (χ4v) is 1.37. The molecule has 1 unspecified atom stereocenters. The summed E-state index contributed by atoms with van der Waals surface area (Å²) in [5.74, 6) is -2.50. The number of hydrogen-bond donors (Lipinski definition) is 3. The molecule has 0 spiro atoms. The molecule has 0 bridgehead atoms. The third-order valence-electron chi connectivity index (χ3n) is 2.59. The number of aromatic nitrogens is 2. The van der Waals surface area contributed by atoms with Gasteiger partial charge in [-0.1, -0.05) is 13.3 Å². The van der Waals surface area contributed by atoms with Gasteiger partial charge in [0.2, 0.25) is 6.33 Å². The maximum Gasteiger partial charge on any atom is 0.321 e. The van der Waals surface area contributed by atoms with Crippen molar-refractivity contribution in [2.45, 2.75) is 52.2 Å². The van der Waals surface area contributed by atoms with E-state index in [2.05, 4.69) is 41.7 Å². The van der Waals surface area contributed by atoms with Gasteiger partial charge in [-0.15, -0.1) is 0 Å². The molecule has 0 aliphatic heterocycles. The van der Waals surface area contributed by atoms with Crippen LogP contribution in [0.5, 0.6) is 0 Å². The lowest BCUT2D eigenvalue weighted by Gasteiger charge is -1.99. The SMILES string of the molecule is CCCC[n+]1ccn(CC)c1.NC(CC(=O)O)C(=O)O. The summed E-state index contributed by atoms with van der Waals surface area (Å²) in [6.07, 6.45) is 8.43. The molecule has 7 nitrogen and oxygen atoms in total. The first-order valence-corrected chi connectivity index (χ1v) is 6.65.